The summed E-state index contributed by atoms with van der Waals surface area (Å²) in [5, 5.41) is 3.18. The fourth-order valence-electron chi connectivity index (χ4n) is 4.11. The normalized spacial score (nSPS) is 18.6. The van der Waals surface area contributed by atoms with Crippen LogP contribution in [0, 0.1) is 0 Å². The van der Waals surface area contributed by atoms with Crippen LogP contribution in [0.5, 0.6) is 0 Å². The Labute approximate surface area is 167 Å². The van der Waals surface area contributed by atoms with Gasteiger partial charge < -0.3 is 15.1 Å². The third-order valence-corrected chi connectivity index (χ3v) is 5.75. The Morgan fingerprint density at radius 3 is 2.29 bits per heavy atom. The van der Waals surface area contributed by atoms with Crippen LogP contribution in [0.3, 0.4) is 0 Å². The van der Waals surface area contributed by atoms with E-state index in [2.05, 4.69) is 49.4 Å². The molecule has 1 saturated heterocycles. The molecular weight excluding hydrogens is 350 g/mol. The molecule has 1 amide bonds. The largest absolute Gasteiger partial charge is 0.368 e. The second-order valence-corrected chi connectivity index (χ2v) is 7.71. The van der Waals surface area contributed by atoms with Crippen LogP contribution in [0.4, 0.5) is 11.6 Å². The number of anilines is 2. The highest BCUT2D eigenvalue weighted by Crippen LogP contribution is 2.19. The summed E-state index contributed by atoms with van der Waals surface area (Å²) in [5.74, 6) is 0.583. The van der Waals surface area contributed by atoms with E-state index in [1.54, 1.807) is 12.3 Å². The predicted molar refractivity (Wildman–Crippen MR) is 112 cm³/mol. The van der Waals surface area contributed by atoms with E-state index in [1.165, 1.54) is 31.4 Å². The van der Waals surface area contributed by atoms with E-state index in [0.717, 1.165) is 39.0 Å². The minimum Gasteiger partial charge on any atom is -0.368 e. The third kappa shape index (κ3) is 4.61. The maximum atomic E-state index is 12.7. The number of benzene rings is 1. The summed E-state index contributed by atoms with van der Waals surface area (Å²) in [7, 11) is 0. The molecule has 4 rings (SSSR count). The Morgan fingerprint density at radius 1 is 0.893 bits per heavy atom. The number of hydrogen-bond acceptors (Lipinski definition) is 5. The van der Waals surface area contributed by atoms with Crippen molar-refractivity contribution in [2.24, 2.45) is 0 Å². The number of nitrogens with one attached hydrogen (secondary N) is 1. The number of aromatic nitrogens is 2. The molecule has 0 unspecified atom stereocenters. The van der Waals surface area contributed by atoms with Crippen molar-refractivity contribution in [1.29, 1.82) is 0 Å². The highest BCUT2D eigenvalue weighted by molar-refractivity contribution is 5.92. The van der Waals surface area contributed by atoms with E-state index < -0.39 is 0 Å². The van der Waals surface area contributed by atoms with Crippen molar-refractivity contribution in [3.8, 4) is 0 Å². The lowest BCUT2D eigenvalue weighted by atomic mass is 10.1. The first-order valence-electron chi connectivity index (χ1n) is 10.5. The molecule has 1 saturated carbocycles. The molecule has 6 heteroatoms. The van der Waals surface area contributed by atoms with E-state index in [-0.39, 0.29) is 11.9 Å². The minimum atomic E-state index is -0.0709. The Morgan fingerprint density at radius 2 is 1.57 bits per heavy atom. The summed E-state index contributed by atoms with van der Waals surface area (Å²) in [6.07, 6.45) is 8.81. The van der Waals surface area contributed by atoms with E-state index in [0.29, 0.717) is 11.6 Å². The SMILES string of the molecule is O=C(NC1CCCCCC1)c1ccnc(N2CCN(c3ccccc3)CC2)n1. The second-order valence-electron chi connectivity index (χ2n) is 7.71. The number of nitrogens with zero attached hydrogens (tertiary/aromatic N) is 4. The molecule has 1 aromatic heterocycles. The molecule has 2 fully saturated rings. The van der Waals surface area contributed by atoms with Crippen LogP contribution in [0.2, 0.25) is 0 Å². The van der Waals surface area contributed by atoms with Gasteiger partial charge in [-0.05, 0) is 31.0 Å². The lowest BCUT2D eigenvalue weighted by Gasteiger charge is -2.36. The first kappa shape index (κ1) is 18.7. The number of para-hydroxylation sites is 1. The predicted octanol–water partition coefficient (Wildman–Crippen LogP) is 3.26. The molecule has 1 aliphatic heterocycles. The van der Waals surface area contributed by atoms with Gasteiger partial charge >= 0.3 is 0 Å². The lowest BCUT2D eigenvalue weighted by molar-refractivity contribution is 0.0928. The summed E-state index contributed by atoms with van der Waals surface area (Å²) < 4.78 is 0. The Kier molecular flexibility index (Phi) is 6.04. The average Bonchev–Trinajstić information content (AvgIpc) is 3.03. The maximum absolute atomic E-state index is 12.7. The highest BCUT2D eigenvalue weighted by atomic mass is 16.1. The molecule has 1 N–H and O–H groups in total. The number of hydrogen-bond donors (Lipinski definition) is 1. The molecule has 0 radical (unpaired) electrons. The zero-order valence-electron chi connectivity index (χ0n) is 16.4. The fraction of sp³-hybridized carbons (Fsp3) is 0.500. The van der Waals surface area contributed by atoms with Gasteiger partial charge in [0.05, 0.1) is 0 Å². The quantitative estimate of drug-likeness (QED) is 0.827. The number of rotatable bonds is 4. The van der Waals surface area contributed by atoms with Gasteiger partial charge in [0.25, 0.3) is 5.91 Å². The van der Waals surface area contributed by atoms with Crippen LogP contribution in [0.1, 0.15) is 49.0 Å². The molecule has 2 heterocycles. The second kappa shape index (κ2) is 9.04. The van der Waals surface area contributed by atoms with Crippen molar-refractivity contribution < 1.29 is 4.79 Å². The van der Waals surface area contributed by atoms with E-state index in [4.69, 9.17) is 0 Å². The molecule has 1 aliphatic carbocycles. The molecule has 0 bridgehead atoms. The molecule has 0 spiro atoms. The van der Waals surface area contributed by atoms with Gasteiger partial charge in [-0.25, -0.2) is 9.97 Å². The first-order chi connectivity index (χ1) is 13.8. The maximum Gasteiger partial charge on any atom is 0.270 e. The fourth-order valence-corrected chi connectivity index (χ4v) is 4.11. The average molecular weight is 380 g/mol. The number of carbonyl (C=O) groups is 1. The Balaban J connectivity index is 1.36. The number of carbonyl (C=O) groups excluding carboxylic acids is 1. The van der Waals surface area contributed by atoms with Gasteiger partial charge in [0.1, 0.15) is 5.69 Å². The summed E-state index contributed by atoms with van der Waals surface area (Å²) in [4.78, 5) is 26.2. The van der Waals surface area contributed by atoms with Gasteiger partial charge in [0.2, 0.25) is 5.95 Å². The van der Waals surface area contributed by atoms with E-state index >= 15 is 0 Å². The van der Waals surface area contributed by atoms with Crippen LogP contribution < -0.4 is 15.1 Å². The molecule has 148 valence electrons. The highest BCUT2D eigenvalue weighted by Gasteiger charge is 2.21. The summed E-state index contributed by atoms with van der Waals surface area (Å²) in [5.41, 5.74) is 1.72. The van der Waals surface area contributed by atoms with Gasteiger partial charge in [0.15, 0.2) is 0 Å². The molecule has 6 nitrogen and oxygen atoms in total. The Hall–Kier alpha value is -2.63. The summed E-state index contributed by atoms with van der Waals surface area (Å²) >= 11 is 0. The van der Waals surface area contributed by atoms with E-state index in [1.807, 2.05) is 6.07 Å². The first-order valence-corrected chi connectivity index (χ1v) is 10.5. The molecular formula is C22H29N5O. The van der Waals surface area contributed by atoms with E-state index in [9.17, 15) is 4.79 Å². The number of amides is 1. The van der Waals surface area contributed by atoms with Crippen LogP contribution in [-0.4, -0.2) is 48.1 Å². The Bertz CT molecular complexity index is 766. The van der Waals surface area contributed by atoms with Crippen molar-refractivity contribution in [1.82, 2.24) is 15.3 Å². The van der Waals surface area contributed by atoms with Gasteiger partial charge in [-0.3, -0.25) is 4.79 Å². The van der Waals surface area contributed by atoms with Crippen molar-refractivity contribution in [2.45, 2.75) is 44.6 Å². The smallest absolute Gasteiger partial charge is 0.270 e. The van der Waals surface area contributed by atoms with Crippen LogP contribution in [-0.2, 0) is 0 Å². The molecule has 0 atom stereocenters. The van der Waals surface area contributed by atoms with Crippen LogP contribution in [0.25, 0.3) is 0 Å². The molecule has 2 aromatic rings. The zero-order valence-corrected chi connectivity index (χ0v) is 16.4. The van der Waals surface area contributed by atoms with Gasteiger partial charge in [-0.1, -0.05) is 43.9 Å². The minimum absolute atomic E-state index is 0.0709. The zero-order chi connectivity index (χ0) is 19.2. The molecule has 1 aromatic carbocycles. The van der Waals surface area contributed by atoms with Gasteiger partial charge in [-0.15, -0.1) is 0 Å². The number of piperazine rings is 1. The van der Waals surface area contributed by atoms with Crippen molar-refractivity contribution in [3.05, 3.63) is 48.3 Å². The molecule has 2 aliphatic rings. The van der Waals surface area contributed by atoms with Crippen LogP contribution in [0.15, 0.2) is 42.6 Å². The van der Waals surface area contributed by atoms with Crippen molar-refractivity contribution >= 4 is 17.5 Å². The standard InChI is InChI=1S/C22H29N5O/c28-21(24-18-8-4-1-2-5-9-18)20-12-13-23-22(25-20)27-16-14-26(15-17-27)19-10-6-3-7-11-19/h3,6-7,10-13,18H,1-2,4-5,8-9,14-17H2,(H,24,28). The van der Waals surface area contributed by atoms with Gasteiger partial charge in [-0.2, -0.15) is 0 Å². The van der Waals surface area contributed by atoms with Gasteiger partial charge in [0, 0.05) is 44.1 Å². The monoisotopic (exact) mass is 379 g/mol. The topological polar surface area (TPSA) is 61.4 Å². The summed E-state index contributed by atoms with van der Waals surface area (Å²) in [6.45, 7) is 3.54. The van der Waals surface area contributed by atoms with Crippen LogP contribution >= 0.6 is 0 Å². The summed E-state index contributed by atoms with van der Waals surface area (Å²) in [6, 6.07) is 12.5. The lowest BCUT2D eigenvalue weighted by Crippen LogP contribution is -2.47. The van der Waals surface area contributed by atoms with Crippen molar-refractivity contribution in [2.75, 3.05) is 36.0 Å². The molecule has 28 heavy (non-hydrogen) atoms. The third-order valence-electron chi connectivity index (χ3n) is 5.75. The van der Waals surface area contributed by atoms with Crippen molar-refractivity contribution in [3.63, 3.8) is 0 Å².